The second-order valence-corrected chi connectivity index (χ2v) is 27.3. The Bertz CT molecular complexity index is 4150. The minimum absolute atomic E-state index is 0.00207. The molecule has 13 rings (SSSR count). The van der Waals surface area contributed by atoms with Crippen LogP contribution in [0.1, 0.15) is 55.6 Å². The summed E-state index contributed by atoms with van der Waals surface area (Å²) < 4.78 is 113. The number of rotatable bonds is 39. The van der Waals surface area contributed by atoms with Gasteiger partial charge in [0.2, 0.25) is 0 Å². The predicted molar refractivity (Wildman–Crippen MR) is 407 cm³/mol. The summed E-state index contributed by atoms with van der Waals surface area (Å²) >= 11 is 0. The Hall–Kier alpha value is -8.97. The normalized spacial score (nSPS) is 24.8. The molecule has 0 spiro atoms. The lowest BCUT2D eigenvalue weighted by atomic mass is 9.83. The van der Waals surface area contributed by atoms with Gasteiger partial charge in [0.05, 0.1) is 79.3 Å². The highest BCUT2D eigenvalue weighted by atomic mass is 16.8. The van der Waals surface area contributed by atoms with E-state index in [0.29, 0.717) is 0 Å². The third kappa shape index (κ3) is 22.8. The van der Waals surface area contributed by atoms with Crippen molar-refractivity contribution in [2.75, 3.05) is 26.9 Å². The Labute approximate surface area is 638 Å². The lowest BCUT2D eigenvalue weighted by Crippen LogP contribution is -2.71. The maximum Gasteiger partial charge on any atom is 0.332 e. The summed E-state index contributed by atoms with van der Waals surface area (Å²) in [6.07, 6.45) is -19.9. The first-order valence-electron chi connectivity index (χ1n) is 37.3. The maximum atomic E-state index is 14.5. The molecule has 3 fully saturated rings. The Balaban J connectivity index is 0.955. The van der Waals surface area contributed by atoms with Crippen molar-refractivity contribution in [3.63, 3.8) is 0 Å². The molecule has 0 radical (unpaired) electrons. The van der Waals surface area contributed by atoms with Gasteiger partial charge in [0, 0.05) is 7.11 Å². The van der Waals surface area contributed by atoms with Gasteiger partial charge in [0.25, 0.3) is 0 Å². The summed E-state index contributed by atoms with van der Waals surface area (Å²) in [6, 6.07) is 97.9. The number of ether oxygens (including phenoxy) is 16. The van der Waals surface area contributed by atoms with Crippen LogP contribution in [0, 0.1) is 0 Å². The van der Waals surface area contributed by atoms with Crippen molar-refractivity contribution in [2.24, 2.45) is 0 Å². The molecule has 1 aliphatic carbocycles. The summed E-state index contributed by atoms with van der Waals surface area (Å²) in [5.74, 6) is -0.757. The highest BCUT2D eigenvalue weighted by Gasteiger charge is 2.60. The van der Waals surface area contributed by atoms with E-state index in [0.717, 1.165) is 55.6 Å². The molecule has 109 heavy (non-hydrogen) atoms. The van der Waals surface area contributed by atoms with Crippen LogP contribution in [0.3, 0.4) is 0 Å². The number of aliphatic hydroxyl groups excluding tert-OH is 1. The number of esters is 1. The molecule has 2 aliphatic heterocycles. The van der Waals surface area contributed by atoms with Gasteiger partial charge in [-0.2, -0.15) is 0 Å². The van der Waals surface area contributed by atoms with Gasteiger partial charge in [-0.15, -0.1) is 0 Å². The number of methoxy groups -OCH3 is 1. The lowest BCUT2D eigenvalue weighted by molar-refractivity contribution is -0.379. The monoisotopic (exact) mass is 1480 g/mol. The average Bonchev–Trinajstić information content (AvgIpc) is 0.753. The summed E-state index contributed by atoms with van der Waals surface area (Å²) in [6.45, 7) is 0.529. The average molecular weight is 1480 g/mol. The number of hydrogen-bond acceptors (Lipinski definition) is 18. The van der Waals surface area contributed by atoms with Crippen molar-refractivity contribution in [1.29, 1.82) is 0 Å². The van der Waals surface area contributed by atoms with E-state index in [1.54, 1.807) is 0 Å². The Morgan fingerprint density at radius 2 is 0.486 bits per heavy atom. The number of hydrogen-bond donors (Lipinski definition) is 1. The lowest BCUT2D eigenvalue weighted by Gasteiger charge is -2.52. The molecule has 0 bridgehead atoms. The fraction of sp³-hybridized carbons (Fsp3) is 0.330. The maximum absolute atomic E-state index is 14.5. The Morgan fingerprint density at radius 1 is 0.275 bits per heavy atom. The van der Waals surface area contributed by atoms with Crippen LogP contribution in [0.2, 0.25) is 0 Å². The van der Waals surface area contributed by atoms with E-state index in [4.69, 9.17) is 75.8 Å². The minimum atomic E-state index is -1.76. The van der Waals surface area contributed by atoms with E-state index in [1.165, 1.54) is 7.11 Å². The van der Waals surface area contributed by atoms with E-state index >= 15 is 0 Å². The minimum Gasteiger partial charge on any atom is -0.452 e. The zero-order chi connectivity index (χ0) is 74.4. The standard InChI is InChI=1S/C91H96O18/c1-94-64-77(92)107-89-84(100-57-70-42-22-7-23-43-70)80(98-55-68-38-18-5-19-39-68)76(63-96-53-66-34-14-3-15-35-66)106-91(89)109-82-78(93)81(85(101-58-71-44-24-8-25-45-71)87(103-60-73-48-28-10-29-49-73)86(82)102-59-72-46-26-9-27-47-72)108-90-88(104-61-74-50-30-11-31-51-74)83(99-56-69-40-20-6-21-41-69)79(97-54-67-36-16-4-17-37-67)75(105-90)62-95-52-65-32-12-2-13-33-65/h2-51,75-76,78-91,93H,52-64H2,1H3/t75-,76-,78+,79-,80-,81+,82+,83+,84+,85-,86+,87+,88+,89+,90-,91-/m1/s1. The molecular weight excluding hydrogens is 1380 g/mol. The first-order valence-corrected chi connectivity index (χ1v) is 37.3. The third-order valence-electron chi connectivity index (χ3n) is 19.3. The Kier molecular flexibility index (Phi) is 29.9. The second-order valence-electron chi connectivity index (χ2n) is 27.3. The van der Waals surface area contributed by atoms with Crippen LogP contribution in [0.5, 0.6) is 0 Å². The van der Waals surface area contributed by atoms with Gasteiger partial charge in [0.1, 0.15) is 86.0 Å². The first kappa shape index (κ1) is 78.2. The molecule has 1 N–H and O–H groups in total. The highest BCUT2D eigenvalue weighted by Crippen LogP contribution is 2.41. The van der Waals surface area contributed by atoms with Crippen LogP contribution in [0.4, 0.5) is 0 Å². The number of carbonyl (C=O) groups is 1. The summed E-state index contributed by atoms with van der Waals surface area (Å²) in [5, 5.41) is 14.4. The third-order valence-corrected chi connectivity index (χ3v) is 19.3. The largest absolute Gasteiger partial charge is 0.452 e. The topological polar surface area (TPSA) is 185 Å². The molecule has 18 nitrogen and oxygen atoms in total. The summed E-state index contributed by atoms with van der Waals surface area (Å²) in [7, 11) is 1.41. The van der Waals surface area contributed by atoms with Gasteiger partial charge >= 0.3 is 5.97 Å². The van der Waals surface area contributed by atoms with Crippen LogP contribution < -0.4 is 0 Å². The highest BCUT2D eigenvalue weighted by molar-refractivity contribution is 5.71. The van der Waals surface area contributed by atoms with Crippen molar-refractivity contribution in [3.8, 4) is 0 Å². The second kappa shape index (κ2) is 41.7. The van der Waals surface area contributed by atoms with Gasteiger partial charge in [0.15, 0.2) is 18.7 Å². The first-order chi connectivity index (χ1) is 53.8. The summed E-state index contributed by atoms with van der Waals surface area (Å²) in [5.41, 5.74) is 8.68. The van der Waals surface area contributed by atoms with Crippen molar-refractivity contribution in [2.45, 2.75) is 164 Å². The van der Waals surface area contributed by atoms with Crippen LogP contribution in [-0.2, 0) is 147 Å². The molecule has 10 aromatic rings. The fourth-order valence-electron chi connectivity index (χ4n) is 13.8. The van der Waals surface area contributed by atoms with E-state index < -0.39 is 111 Å². The molecule has 568 valence electrons. The van der Waals surface area contributed by atoms with Crippen LogP contribution in [-0.4, -0.2) is 136 Å². The van der Waals surface area contributed by atoms with Crippen LogP contribution in [0.15, 0.2) is 303 Å². The van der Waals surface area contributed by atoms with Gasteiger partial charge in [-0.05, 0) is 55.6 Å². The number of aliphatic hydroxyl groups is 1. The van der Waals surface area contributed by atoms with E-state index in [2.05, 4.69) is 0 Å². The van der Waals surface area contributed by atoms with Gasteiger partial charge in [-0.1, -0.05) is 303 Å². The van der Waals surface area contributed by atoms with E-state index in [9.17, 15) is 9.90 Å². The smallest absolute Gasteiger partial charge is 0.332 e. The van der Waals surface area contributed by atoms with Crippen LogP contribution in [0.25, 0.3) is 0 Å². The molecule has 16 atom stereocenters. The van der Waals surface area contributed by atoms with Gasteiger partial charge < -0.3 is 80.9 Å². The Morgan fingerprint density at radius 3 is 0.752 bits per heavy atom. The molecule has 0 amide bonds. The number of benzene rings is 10. The molecule has 2 heterocycles. The molecule has 0 aromatic heterocycles. The van der Waals surface area contributed by atoms with Crippen molar-refractivity contribution in [1.82, 2.24) is 0 Å². The van der Waals surface area contributed by atoms with E-state index in [-0.39, 0.29) is 79.3 Å². The van der Waals surface area contributed by atoms with Gasteiger partial charge in [-0.25, -0.2) is 4.79 Å². The zero-order valence-electron chi connectivity index (χ0n) is 61.2. The predicted octanol–water partition coefficient (Wildman–Crippen LogP) is 14.3. The summed E-state index contributed by atoms with van der Waals surface area (Å²) in [4.78, 5) is 14.5. The van der Waals surface area contributed by atoms with E-state index in [1.807, 2.05) is 303 Å². The molecule has 0 unspecified atom stereocenters. The van der Waals surface area contributed by atoms with Crippen molar-refractivity contribution < 1.29 is 85.7 Å². The van der Waals surface area contributed by atoms with Crippen molar-refractivity contribution in [3.05, 3.63) is 359 Å². The molecule has 10 aromatic carbocycles. The van der Waals surface area contributed by atoms with Gasteiger partial charge in [-0.3, -0.25) is 0 Å². The molecule has 2 saturated heterocycles. The number of carbonyl (C=O) groups excluding carboxylic acids is 1. The molecule has 18 heteroatoms. The zero-order valence-corrected chi connectivity index (χ0v) is 61.2. The fourth-order valence-corrected chi connectivity index (χ4v) is 13.8. The molecular formula is C91H96O18. The van der Waals surface area contributed by atoms with Crippen molar-refractivity contribution >= 4 is 5.97 Å². The molecule has 1 saturated carbocycles. The SMILES string of the molecule is COCC(=O)O[C@@H]1[C@@H](O[C@H]2[C@@H](O)[C@H](O[C@H]3O[C@H](COCc4ccccc4)[C@@H](OCc4ccccc4)[C@H](OCc4ccccc4)[C@@H]3OCc3ccccc3)[C@@H](OCc3ccccc3)[C@H](OCc3ccccc3)[C@H]2OCc2ccccc2)O[C@H](COCc2ccccc2)[C@@H](OCc2ccccc2)[C@@H]1OCc1ccccc1. The molecule has 3 aliphatic rings. The quantitative estimate of drug-likeness (QED) is 0.0358. The van der Waals surface area contributed by atoms with Crippen LogP contribution >= 0.6 is 0 Å².